The number of hydrogen-bond acceptors (Lipinski definition) is 3. The third kappa shape index (κ3) is 2.24. The zero-order valence-corrected chi connectivity index (χ0v) is 12.2. The maximum absolute atomic E-state index is 11.6. The summed E-state index contributed by atoms with van der Waals surface area (Å²) in [7, 11) is 1.93. The number of hydrogen-bond donors (Lipinski definition) is 1. The predicted octanol–water partition coefficient (Wildman–Crippen LogP) is 1.67. The summed E-state index contributed by atoms with van der Waals surface area (Å²) in [5.74, 6) is 0.286. The lowest BCUT2D eigenvalue weighted by Crippen LogP contribution is -2.39. The van der Waals surface area contributed by atoms with Crippen LogP contribution in [0.2, 0.25) is 0 Å². The molecule has 1 saturated carbocycles. The number of carboxylic acid groups (broad SMARTS) is 1. The van der Waals surface area contributed by atoms with E-state index in [2.05, 4.69) is 16.9 Å². The lowest BCUT2D eigenvalue weighted by Gasteiger charge is -2.23. The van der Waals surface area contributed by atoms with E-state index in [0.717, 1.165) is 31.6 Å². The van der Waals surface area contributed by atoms with Crippen LogP contribution in [0.5, 0.6) is 0 Å². The Hall–Kier alpha value is -1.36. The molecule has 1 aliphatic carbocycles. The van der Waals surface area contributed by atoms with Crippen LogP contribution in [-0.2, 0) is 24.8 Å². The van der Waals surface area contributed by atoms with Gasteiger partial charge in [-0.1, -0.05) is 13.3 Å². The zero-order valence-electron chi connectivity index (χ0n) is 12.2. The number of rotatable bonds is 4. The first-order valence-electron chi connectivity index (χ1n) is 7.58. The Kier molecular flexibility index (Phi) is 3.54. The van der Waals surface area contributed by atoms with Crippen molar-refractivity contribution in [2.45, 2.75) is 45.2 Å². The number of fused-ring (bicyclic) bond motifs is 1. The molecular weight excluding hydrogens is 254 g/mol. The number of likely N-dealkylation sites (tertiary alicyclic amines) is 1. The van der Waals surface area contributed by atoms with Gasteiger partial charge in [-0.05, 0) is 31.1 Å². The molecule has 1 saturated heterocycles. The molecule has 0 bridgehead atoms. The number of carbonyl (C=O) groups is 1. The highest BCUT2D eigenvalue weighted by molar-refractivity contribution is 5.74. The fourth-order valence-electron chi connectivity index (χ4n) is 4.13. The second-order valence-corrected chi connectivity index (χ2v) is 6.20. The molecule has 20 heavy (non-hydrogen) atoms. The van der Waals surface area contributed by atoms with Crippen molar-refractivity contribution >= 4 is 5.97 Å². The normalized spacial score (nSPS) is 29.8. The standard InChI is InChI=1S/C15H23N3O2/c1-3-13-11(7-17(2)16-13)9-18-8-10-5-4-6-12(10)14(18)15(19)20/h7,10,12,14H,3-6,8-9H2,1-2H3,(H,19,20). The number of aryl methyl sites for hydroxylation is 2. The summed E-state index contributed by atoms with van der Waals surface area (Å²) >= 11 is 0. The predicted molar refractivity (Wildman–Crippen MR) is 75.3 cm³/mol. The third-order valence-electron chi connectivity index (χ3n) is 4.94. The summed E-state index contributed by atoms with van der Waals surface area (Å²) in [5, 5.41) is 14.0. The molecule has 3 unspecified atom stereocenters. The van der Waals surface area contributed by atoms with Crippen LogP contribution in [0, 0.1) is 11.8 Å². The van der Waals surface area contributed by atoms with Gasteiger partial charge < -0.3 is 5.11 Å². The first-order valence-corrected chi connectivity index (χ1v) is 7.58. The fourth-order valence-corrected chi connectivity index (χ4v) is 4.13. The van der Waals surface area contributed by atoms with E-state index in [1.54, 1.807) is 0 Å². The van der Waals surface area contributed by atoms with Gasteiger partial charge in [0.1, 0.15) is 6.04 Å². The third-order valence-corrected chi connectivity index (χ3v) is 4.94. The lowest BCUT2D eigenvalue weighted by atomic mass is 9.94. The van der Waals surface area contributed by atoms with Gasteiger partial charge in [-0.15, -0.1) is 0 Å². The molecule has 0 spiro atoms. The summed E-state index contributed by atoms with van der Waals surface area (Å²) in [6.07, 6.45) is 6.39. The Morgan fingerprint density at radius 3 is 3.00 bits per heavy atom. The van der Waals surface area contributed by atoms with Crippen molar-refractivity contribution < 1.29 is 9.90 Å². The molecule has 1 aromatic heterocycles. The Labute approximate surface area is 119 Å². The molecule has 2 fully saturated rings. The van der Waals surface area contributed by atoms with Gasteiger partial charge >= 0.3 is 5.97 Å². The molecule has 5 heteroatoms. The van der Waals surface area contributed by atoms with Crippen LogP contribution >= 0.6 is 0 Å². The highest BCUT2D eigenvalue weighted by atomic mass is 16.4. The quantitative estimate of drug-likeness (QED) is 0.909. The highest BCUT2D eigenvalue weighted by Gasteiger charge is 2.47. The van der Waals surface area contributed by atoms with E-state index < -0.39 is 5.97 Å². The van der Waals surface area contributed by atoms with E-state index in [-0.39, 0.29) is 6.04 Å². The Bertz CT molecular complexity index is 511. The molecule has 1 N–H and O–H groups in total. The van der Waals surface area contributed by atoms with Gasteiger partial charge in [-0.2, -0.15) is 5.10 Å². The van der Waals surface area contributed by atoms with Crippen LogP contribution in [-0.4, -0.2) is 38.3 Å². The molecule has 2 aliphatic rings. The van der Waals surface area contributed by atoms with Crippen molar-refractivity contribution in [2.24, 2.45) is 18.9 Å². The fraction of sp³-hybridized carbons (Fsp3) is 0.733. The van der Waals surface area contributed by atoms with E-state index in [9.17, 15) is 9.90 Å². The van der Waals surface area contributed by atoms with E-state index >= 15 is 0 Å². The summed E-state index contributed by atoms with van der Waals surface area (Å²) < 4.78 is 1.83. The number of aromatic nitrogens is 2. The monoisotopic (exact) mass is 277 g/mol. The van der Waals surface area contributed by atoms with Gasteiger partial charge in [0.2, 0.25) is 0 Å². The Balaban J connectivity index is 1.80. The van der Waals surface area contributed by atoms with Crippen molar-refractivity contribution in [1.82, 2.24) is 14.7 Å². The summed E-state index contributed by atoms with van der Waals surface area (Å²) in [4.78, 5) is 13.8. The Morgan fingerprint density at radius 1 is 1.50 bits per heavy atom. The minimum Gasteiger partial charge on any atom is -0.480 e. The van der Waals surface area contributed by atoms with Gasteiger partial charge in [0, 0.05) is 31.9 Å². The molecule has 2 heterocycles. The molecule has 110 valence electrons. The van der Waals surface area contributed by atoms with Crippen molar-refractivity contribution in [3.05, 3.63) is 17.5 Å². The second-order valence-electron chi connectivity index (χ2n) is 6.20. The SMILES string of the molecule is CCc1nn(C)cc1CN1CC2CCCC2C1C(=O)O. The minimum absolute atomic E-state index is 0.299. The number of nitrogens with zero attached hydrogens (tertiary/aromatic N) is 3. The first kappa shape index (κ1) is 13.6. The van der Waals surface area contributed by atoms with Gasteiger partial charge in [-0.25, -0.2) is 0 Å². The largest absolute Gasteiger partial charge is 0.480 e. The van der Waals surface area contributed by atoms with Gasteiger partial charge in [0.05, 0.1) is 5.69 Å². The van der Waals surface area contributed by atoms with Crippen molar-refractivity contribution in [1.29, 1.82) is 0 Å². The van der Waals surface area contributed by atoms with Crippen LogP contribution in [0.15, 0.2) is 6.20 Å². The molecule has 0 aromatic carbocycles. The van der Waals surface area contributed by atoms with Gasteiger partial charge in [-0.3, -0.25) is 14.4 Å². The molecule has 0 radical (unpaired) electrons. The van der Waals surface area contributed by atoms with Gasteiger partial charge in [0.15, 0.2) is 0 Å². The van der Waals surface area contributed by atoms with Crippen molar-refractivity contribution in [3.8, 4) is 0 Å². The first-order chi connectivity index (χ1) is 9.60. The molecule has 1 aliphatic heterocycles. The molecule has 0 amide bonds. The molecule has 5 nitrogen and oxygen atoms in total. The van der Waals surface area contributed by atoms with Crippen LogP contribution in [0.4, 0.5) is 0 Å². The molecule has 1 aromatic rings. The molecular formula is C15H23N3O2. The maximum Gasteiger partial charge on any atom is 0.321 e. The summed E-state index contributed by atoms with van der Waals surface area (Å²) in [6.45, 7) is 3.75. The lowest BCUT2D eigenvalue weighted by molar-refractivity contribution is -0.143. The summed E-state index contributed by atoms with van der Waals surface area (Å²) in [5.41, 5.74) is 2.27. The zero-order chi connectivity index (χ0) is 14.3. The van der Waals surface area contributed by atoms with E-state index in [1.807, 2.05) is 17.9 Å². The van der Waals surface area contributed by atoms with Crippen LogP contribution in [0.1, 0.15) is 37.4 Å². The van der Waals surface area contributed by atoms with E-state index in [4.69, 9.17) is 0 Å². The maximum atomic E-state index is 11.6. The van der Waals surface area contributed by atoms with Crippen LogP contribution in [0.3, 0.4) is 0 Å². The van der Waals surface area contributed by atoms with Crippen LogP contribution in [0.25, 0.3) is 0 Å². The second kappa shape index (κ2) is 5.20. The molecule has 3 atom stereocenters. The van der Waals surface area contributed by atoms with Crippen molar-refractivity contribution in [3.63, 3.8) is 0 Å². The average molecular weight is 277 g/mol. The topological polar surface area (TPSA) is 58.4 Å². The smallest absolute Gasteiger partial charge is 0.321 e. The summed E-state index contributed by atoms with van der Waals surface area (Å²) in [6, 6.07) is -0.299. The van der Waals surface area contributed by atoms with Crippen LogP contribution < -0.4 is 0 Å². The van der Waals surface area contributed by atoms with E-state index in [1.165, 1.54) is 18.4 Å². The minimum atomic E-state index is -0.652. The Morgan fingerprint density at radius 2 is 2.30 bits per heavy atom. The van der Waals surface area contributed by atoms with E-state index in [0.29, 0.717) is 11.8 Å². The molecule has 3 rings (SSSR count). The average Bonchev–Trinajstić information content (AvgIpc) is 3.02. The number of carboxylic acids is 1. The van der Waals surface area contributed by atoms with Crippen molar-refractivity contribution in [2.75, 3.05) is 6.54 Å². The highest BCUT2D eigenvalue weighted by Crippen LogP contribution is 2.42. The van der Waals surface area contributed by atoms with Gasteiger partial charge in [0.25, 0.3) is 0 Å². The number of aliphatic carboxylic acids is 1.